The van der Waals surface area contributed by atoms with Crippen molar-refractivity contribution in [2.45, 2.75) is 0 Å². The van der Waals surface area contributed by atoms with E-state index in [1.54, 1.807) is 7.11 Å². The Kier molecular flexibility index (Phi) is 7.79. The predicted octanol–water partition coefficient (Wildman–Crippen LogP) is -0.828. The first-order chi connectivity index (χ1) is 3.91. The van der Waals surface area contributed by atoms with E-state index < -0.39 is 0 Å². The molecule has 0 atom stereocenters. The zero-order valence-corrected chi connectivity index (χ0v) is 7.35. The van der Waals surface area contributed by atoms with E-state index in [1.807, 2.05) is 0 Å². The van der Waals surface area contributed by atoms with Crippen molar-refractivity contribution in [3.8, 4) is 0 Å². The highest BCUT2D eigenvalue weighted by molar-refractivity contribution is 5.97. The SMILES string of the molecule is COCCOC[O][AlH2]. The molecule has 0 aromatic heterocycles. The molecule has 4 heteroatoms. The third kappa shape index (κ3) is 6.41. The van der Waals surface area contributed by atoms with E-state index in [0.29, 0.717) is 20.0 Å². The minimum Gasteiger partial charge on any atom is -0.486 e. The molecule has 0 rings (SSSR count). The smallest absolute Gasteiger partial charge is 0.412 e. The summed E-state index contributed by atoms with van der Waals surface area (Å²) in [4.78, 5) is 0. The molecule has 0 saturated carbocycles. The molecule has 3 nitrogen and oxygen atoms in total. The maximum absolute atomic E-state index is 4.91. The zero-order chi connectivity index (χ0) is 6.24. The van der Waals surface area contributed by atoms with Gasteiger partial charge in [-0.2, -0.15) is 0 Å². The first-order valence-electron chi connectivity index (χ1n) is 2.47. The van der Waals surface area contributed by atoms with Gasteiger partial charge in [-0.05, 0) is 0 Å². The van der Waals surface area contributed by atoms with Crippen LogP contribution in [0.1, 0.15) is 0 Å². The third-order valence-corrected chi connectivity index (χ3v) is 0.869. The van der Waals surface area contributed by atoms with Crippen LogP contribution in [0.5, 0.6) is 0 Å². The molecule has 0 heterocycles. The second-order valence-electron chi connectivity index (χ2n) is 1.31. The topological polar surface area (TPSA) is 27.7 Å². The molecule has 0 N–H and O–H groups in total. The van der Waals surface area contributed by atoms with Gasteiger partial charge in [-0.3, -0.25) is 0 Å². The number of ether oxygens (including phenoxy) is 2. The summed E-state index contributed by atoms with van der Waals surface area (Å²) in [5.74, 6) is 0. The van der Waals surface area contributed by atoms with Gasteiger partial charge in [0.05, 0.1) is 13.2 Å². The Balaban J connectivity index is 2.53. The van der Waals surface area contributed by atoms with Crippen molar-refractivity contribution in [2.24, 2.45) is 0 Å². The van der Waals surface area contributed by atoms with E-state index in [2.05, 4.69) is 0 Å². The monoisotopic (exact) mass is 134 g/mol. The van der Waals surface area contributed by atoms with Gasteiger partial charge in [-0.25, -0.2) is 0 Å². The Morgan fingerprint density at radius 2 is 2.12 bits per heavy atom. The van der Waals surface area contributed by atoms with Crippen molar-refractivity contribution < 1.29 is 13.3 Å². The van der Waals surface area contributed by atoms with Crippen LogP contribution >= 0.6 is 0 Å². The van der Waals surface area contributed by atoms with Gasteiger partial charge in [-0.15, -0.1) is 0 Å². The summed E-state index contributed by atoms with van der Waals surface area (Å²) in [6.07, 6.45) is 0. The van der Waals surface area contributed by atoms with E-state index in [4.69, 9.17) is 13.3 Å². The fourth-order valence-electron chi connectivity index (χ4n) is 0.285. The van der Waals surface area contributed by atoms with Crippen LogP contribution in [0.4, 0.5) is 0 Å². The molecule has 0 bridgehead atoms. The van der Waals surface area contributed by atoms with E-state index in [1.165, 1.54) is 0 Å². The van der Waals surface area contributed by atoms with Gasteiger partial charge in [0.2, 0.25) is 0 Å². The lowest BCUT2D eigenvalue weighted by molar-refractivity contribution is -0.00482. The summed E-state index contributed by atoms with van der Waals surface area (Å²) in [5, 5.41) is 0. The molecule has 0 amide bonds. The molecule has 0 aromatic rings. The van der Waals surface area contributed by atoms with Crippen LogP contribution in [0.2, 0.25) is 0 Å². The van der Waals surface area contributed by atoms with Crippen molar-refractivity contribution in [1.82, 2.24) is 0 Å². The molecule has 0 aromatic carbocycles. The Morgan fingerprint density at radius 3 is 2.62 bits per heavy atom. The molecule has 0 unspecified atom stereocenters. The van der Waals surface area contributed by atoms with Gasteiger partial charge in [0.25, 0.3) is 0 Å². The Morgan fingerprint density at radius 1 is 1.38 bits per heavy atom. The summed E-state index contributed by atoms with van der Waals surface area (Å²) in [5.41, 5.74) is 0. The first-order valence-corrected chi connectivity index (χ1v) is 3.29. The lowest BCUT2D eigenvalue weighted by Gasteiger charge is -2.00. The van der Waals surface area contributed by atoms with Crippen LogP contribution in [-0.2, 0) is 13.3 Å². The highest BCUT2D eigenvalue weighted by Gasteiger charge is 1.81. The van der Waals surface area contributed by atoms with E-state index in [0.717, 1.165) is 16.6 Å². The highest BCUT2D eigenvalue weighted by Crippen LogP contribution is 1.73. The van der Waals surface area contributed by atoms with Gasteiger partial charge < -0.3 is 13.3 Å². The van der Waals surface area contributed by atoms with Gasteiger partial charge in [0.15, 0.2) is 0 Å². The van der Waals surface area contributed by atoms with Crippen molar-refractivity contribution >= 4 is 16.6 Å². The molecular formula is C4H11AlO3. The minimum absolute atomic E-state index is 0.412. The van der Waals surface area contributed by atoms with Crippen molar-refractivity contribution in [2.75, 3.05) is 27.1 Å². The number of rotatable bonds is 5. The third-order valence-electron chi connectivity index (χ3n) is 0.633. The first kappa shape index (κ1) is 8.41. The lowest BCUT2D eigenvalue weighted by Crippen LogP contribution is -2.03. The van der Waals surface area contributed by atoms with Crippen molar-refractivity contribution in [3.63, 3.8) is 0 Å². The summed E-state index contributed by atoms with van der Waals surface area (Å²) >= 11 is 0.742. The minimum atomic E-state index is 0.412. The van der Waals surface area contributed by atoms with Crippen LogP contribution in [0.15, 0.2) is 0 Å². The standard InChI is InChI=1S/C4H9O3.Al.2H/c1-6-2-3-7-4-5;;;/h2-4H2,1H3;;;/q-1;+1;;. The maximum atomic E-state index is 4.91. The second-order valence-corrected chi connectivity index (χ2v) is 1.88. The van der Waals surface area contributed by atoms with Crippen LogP contribution in [0.3, 0.4) is 0 Å². The normalized spacial score (nSPS) is 9.62. The van der Waals surface area contributed by atoms with Crippen LogP contribution in [-0.4, -0.2) is 43.7 Å². The molecule has 0 aliphatic carbocycles. The van der Waals surface area contributed by atoms with Crippen LogP contribution in [0, 0.1) is 0 Å². The Labute approximate surface area is 57.7 Å². The second kappa shape index (κ2) is 7.41. The average Bonchev–Trinajstić information content (AvgIpc) is 1.81. The van der Waals surface area contributed by atoms with E-state index >= 15 is 0 Å². The molecule has 0 radical (unpaired) electrons. The summed E-state index contributed by atoms with van der Waals surface area (Å²) in [6, 6.07) is 0. The zero-order valence-electron chi connectivity index (χ0n) is 5.35. The molecule has 0 fully saturated rings. The fraction of sp³-hybridized carbons (Fsp3) is 1.00. The largest absolute Gasteiger partial charge is 0.486 e. The molecule has 0 spiro atoms. The summed E-state index contributed by atoms with van der Waals surface area (Å²) in [6.45, 7) is 1.68. The molecule has 0 aliphatic rings. The molecular weight excluding hydrogens is 123 g/mol. The average molecular weight is 134 g/mol. The van der Waals surface area contributed by atoms with Crippen molar-refractivity contribution in [1.29, 1.82) is 0 Å². The van der Waals surface area contributed by atoms with Crippen LogP contribution in [0.25, 0.3) is 0 Å². The summed E-state index contributed by atoms with van der Waals surface area (Å²) in [7, 11) is 1.64. The van der Waals surface area contributed by atoms with Gasteiger partial charge in [0.1, 0.15) is 6.79 Å². The van der Waals surface area contributed by atoms with E-state index in [-0.39, 0.29) is 0 Å². The maximum Gasteiger partial charge on any atom is 0.412 e. The van der Waals surface area contributed by atoms with Gasteiger partial charge >= 0.3 is 16.6 Å². The highest BCUT2D eigenvalue weighted by atomic mass is 27.1. The molecule has 8 heavy (non-hydrogen) atoms. The predicted molar refractivity (Wildman–Crippen MR) is 32.3 cm³/mol. The quantitative estimate of drug-likeness (QED) is 0.279. The molecule has 0 aliphatic heterocycles. The van der Waals surface area contributed by atoms with Gasteiger partial charge in [-0.1, -0.05) is 0 Å². The fourth-order valence-corrected chi connectivity index (χ4v) is 0.451. The van der Waals surface area contributed by atoms with Crippen molar-refractivity contribution in [3.05, 3.63) is 0 Å². The number of hydrogen-bond acceptors (Lipinski definition) is 3. The molecule has 48 valence electrons. The number of hydrogen-bond donors (Lipinski definition) is 0. The Bertz CT molecular complexity index is 36.3. The van der Waals surface area contributed by atoms with Gasteiger partial charge in [0, 0.05) is 7.11 Å². The number of methoxy groups -OCH3 is 1. The molecule has 0 saturated heterocycles. The van der Waals surface area contributed by atoms with E-state index in [9.17, 15) is 0 Å². The summed E-state index contributed by atoms with van der Waals surface area (Å²) < 4.78 is 14.4. The Hall–Kier alpha value is 0.412. The lowest BCUT2D eigenvalue weighted by atomic mass is 10.8. The van der Waals surface area contributed by atoms with Crippen LogP contribution < -0.4 is 0 Å².